The van der Waals surface area contributed by atoms with Crippen LogP contribution in [0.25, 0.3) is 0 Å². The molecule has 2 nitrogen and oxygen atoms in total. The third kappa shape index (κ3) is 3.13. The molecule has 0 aromatic heterocycles. The molecule has 3 unspecified atom stereocenters. The molecule has 2 fully saturated rings. The van der Waals surface area contributed by atoms with Gasteiger partial charge in [0.05, 0.1) is 5.25 Å². The zero-order chi connectivity index (χ0) is 10.7. The van der Waals surface area contributed by atoms with Gasteiger partial charge in [-0.3, -0.25) is 4.79 Å². The summed E-state index contributed by atoms with van der Waals surface area (Å²) in [5.41, 5.74) is 0. The summed E-state index contributed by atoms with van der Waals surface area (Å²) in [5.74, 6) is 1.43. The second kappa shape index (κ2) is 5.58. The summed E-state index contributed by atoms with van der Waals surface area (Å²) in [7, 11) is 0. The quantitative estimate of drug-likeness (QED) is 0.793. The molecule has 3 atom stereocenters. The van der Waals surface area contributed by atoms with Crippen LogP contribution in [0, 0.1) is 0 Å². The van der Waals surface area contributed by atoms with Crippen LogP contribution in [0.15, 0.2) is 0 Å². The van der Waals surface area contributed by atoms with Crippen LogP contribution in [-0.4, -0.2) is 27.8 Å². The minimum Gasteiger partial charge on any atom is -0.351 e. The number of thioether (sulfide) groups is 1. The highest BCUT2D eigenvalue weighted by molar-refractivity contribution is 9.09. The lowest BCUT2D eigenvalue weighted by Crippen LogP contribution is -2.43. The van der Waals surface area contributed by atoms with Gasteiger partial charge >= 0.3 is 0 Å². The average Bonchev–Trinajstić information content (AvgIpc) is 2.66. The van der Waals surface area contributed by atoms with Crippen molar-refractivity contribution in [3.05, 3.63) is 0 Å². The van der Waals surface area contributed by atoms with E-state index in [1.165, 1.54) is 25.7 Å². The topological polar surface area (TPSA) is 29.1 Å². The van der Waals surface area contributed by atoms with Crippen molar-refractivity contribution in [2.75, 3.05) is 5.75 Å². The number of hydrogen-bond donors (Lipinski definition) is 1. The molecule has 1 N–H and O–H groups in total. The summed E-state index contributed by atoms with van der Waals surface area (Å²) >= 11 is 5.46. The molecule has 1 saturated heterocycles. The molecule has 0 bridgehead atoms. The fourth-order valence-corrected chi connectivity index (χ4v) is 4.23. The van der Waals surface area contributed by atoms with E-state index < -0.39 is 0 Å². The fourth-order valence-electron chi connectivity index (χ4n) is 2.30. The lowest BCUT2D eigenvalue weighted by atomic mass is 10.1. The SMILES string of the molecule is O=C(NC1CCCC1Br)C1CCCCS1. The van der Waals surface area contributed by atoms with Crippen LogP contribution < -0.4 is 5.32 Å². The number of carbonyl (C=O) groups is 1. The molecule has 2 rings (SSSR count). The molecule has 1 aliphatic heterocycles. The maximum Gasteiger partial charge on any atom is 0.233 e. The van der Waals surface area contributed by atoms with Crippen molar-refractivity contribution in [3.63, 3.8) is 0 Å². The Labute approximate surface area is 104 Å². The number of amides is 1. The monoisotopic (exact) mass is 291 g/mol. The zero-order valence-electron chi connectivity index (χ0n) is 8.88. The van der Waals surface area contributed by atoms with Gasteiger partial charge in [-0.1, -0.05) is 28.8 Å². The Kier molecular flexibility index (Phi) is 4.38. The van der Waals surface area contributed by atoms with Gasteiger partial charge in [0.15, 0.2) is 0 Å². The van der Waals surface area contributed by atoms with Crippen molar-refractivity contribution < 1.29 is 4.79 Å². The molecule has 0 radical (unpaired) electrons. The number of halogens is 1. The summed E-state index contributed by atoms with van der Waals surface area (Å²) in [6.45, 7) is 0. The van der Waals surface area contributed by atoms with Gasteiger partial charge in [-0.15, -0.1) is 11.8 Å². The number of hydrogen-bond acceptors (Lipinski definition) is 2. The Morgan fingerprint density at radius 1 is 1.20 bits per heavy atom. The maximum absolute atomic E-state index is 11.9. The third-order valence-electron chi connectivity index (χ3n) is 3.23. The average molecular weight is 292 g/mol. The molecule has 0 spiro atoms. The molecule has 0 aromatic carbocycles. The van der Waals surface area contributed by atoms with E-state index >= 15 is 0 Å². The molecule has 1 saturated carbocycles. The molecule has 86 valence electrons. The van der Waals surface area contributed by atoms with Crippen molar-refractivity contribution >= 4 is 33.6 Å². The molecule has 1 aliphatic carbocycles. The summed E-state index contributed by atoms with van der Waals surface area (Å²) < 4.78 is 0. The van der Waals surface area contributed by atoms with E-state index in [0.717, 1.165) is 18.6 Å². The smallest absolute Gasteiger partial charge is 0.233 e. The second-order valence-electron chi connectivity index (χ2n) is 4.42. The third-order valence-corrected chi connectivity index (χ3v) is 5.70. The minimum atomic E-state index is 0.221. The largest absolute Gasteiger partial charge is 0.351 e. The van der Waals surface area contributed by atoms with E-state index in [-0.39, 0.29) is 11.2 Å². The molecule has 4 heteroatoms. The Balaban J connectivity index is 1.80. The van der Waals surface area contributed by atoms with Crippen molar-refractivity contribution in [3.8, 4) is 0 Å². The molecule has 2 aliphatic rings. The maximum atomic E-state index is 11.9. The summed E-state index contributed by atoms with van der Waals surface area (Å²) in [5, 5.41) is 3.41. The van der Waals surface area contributed by atoms with Crippen LogP contribution in [0.2, 0.25) is 0 Å². The van der Waals surface area contributed by atoms with E-state index in [2.05, 4.69) is 21.2 Å². The van der Waals surface area contributed by atoms with Gasteiger partial charge in [0, 0.05) is 10.9 Å². The predicted molar refractivity (Wildman–Crippen MR) is 68.6 cm³/mol. The Morgan fingerprint density at radius 3 is 2.67 bits per heavy atom. The van der Waals surface area contributed by atoms with Crippen LogP contribution in [0.3, 0.4) is 0 Å². The highest BCUT2D eigenvalue weighted by Crippen LogP contribution is 2.28. The van der Waals surface area contributed by atoms with Crippen molar-refractivity contribution in [1.82, 2.24) is 5.32 Å². The summed E-state index contributed by atoms with van der Waals surface area (Å²) in [6, 6.07) is 0.375. The van der Waals surface area contributed by atoms with Gasteiger partial charge in [0.1, 0.15) is 0 Å². The Hall–Kier alpha value is 0.300. The number of nitrogens with one attached hydrogen (secondary N) is 1. The lowest BCUT2D eigenvalue weighted by Gasteiger charge is -2.23. The minimum absolute atomic E-state index is 0.221. The van der Waals surface area contributed by atoms with Crippen LogP contribution in [-0.2, 0) is 4.79 Å². The summed E-state index contributed by atoms with van der Waals surface area (Å²) in [6.07, 6.45) is 7.13. The van der Waals surface area contributed by atoms with Gasteiger partial charge < -0.3 is 5.32 Å². The van der Waals surface area contributed by atoms with Gasteiger partial charge in [-0.05, 0) is 31.4 Å². The first kappa shape index (κ1) is 11.8. The van der Waals surface area contributed by atoms with Crippen LogP contribution in [0.4, 0.5) is 0 Å². The second-order valence-corrected chi connectivity index (χ2v) is 6.90. The van der Waals surface area contributed by atoms with E-state index in [9.17, 15) is 4.79 Å². The molecule has 1 heterocycles. The predicted octanol–water partition coefficient (Wildman–Crippen LogP) is 2.70. The Bertz CT molecular complexity index is 231. The van der Waals surface area contributed by atoms with E-state index in [1.807, 2.05) is 11.8 Å². The lowest BCUT2D eigenvalue weighted by molar-refractivity contribution is -0.121. The molecular weight excluding hydrogens is 274 g/mol. The standard InChI is InChI=1S/C11H18BrNOS/c12-8-4-3-5-9(8)13-11(14)10-6-1-2-7-15-10/h8-10H,1-7H2,(H,13,14). The molecule has 1 amide bonds. The Morgan fingerprint density at radius 2 is 2.07 bits per heavy atom. The van der Waals surface area contributed by atoms with Gasteiger partial charge in [-0.2, -0.15) is 0 Å². The summed E-state index contributed by atoms with van der Waals surface area (Å²) in [4.78, 5) is 12.4. The van der Waals surface area contributed by atoms with Gasteiger partial charge in [0.25, 0.3) is 0 Å². The number of rotatable bonds is 2. The molecular formula is C11H18BrNOS. The number of carbonyl (C=O) groups excluding carboxylic acids is 1. The molecule has 0 aromatic rings. The van der Waals surface area contributed by atoms with Crippen LogP contribution in [0.5, 0.6) is 0 Å². The van der Waals surface area contributed by atoms with Gasteiger partial charge in [-0.25, -0.2) is 0 Å². The molecule has 15 heavy (non-hydrogen) atoms. The van der Waals surface area contributed by atoms with Crippen molar-refractivity contribution in [2.24, 2.45) is 0 Å². The fraction of sp³-hybridized carbons (Fsp3) is 0.909. The van der Waals surface area contributed by atoms with Gasteiger partial charge in [0.2, 0.25) is 5.91 Å². The van der Waals surface area contributed by atoms with E-state index in [0.29, 0.717) is 10.9 Å². The van der Waals surface area contributed by atoms with Crippen molar-refractivity contribution in [1.29, 1.82) is 0 Å². The number of alkyl halides is 1. The first-order valence-electron chi connectivity index (χ1n) is 5.83. The van der Waals surface area contributed by atoms with E-state index in [1.54, 1.807) is 0 Å². The highest BCUT2D eigenvalue weighted by atomic mass is 79.9. The van der Waals surface area contributed by atoms with Crippen LogP contribution in [0.1, 0.15) is 38.5 Å². The zero-order valence-corrected chi connectivity index (χ0v) is 11.3. The normalized spacial score (nSPS) is 36.5. The first-order chi connectivity index (χ1) is 7.27. The van der Waals surface area contributed by atoms with Crippen LogP contribution >= 0.6 is 27.7 Å². The van der Waals surface area contributed by atoms with E-state index in [4.69, 9.17) is 0 Å². The highest BCUT2D eigenvalue weighted by Gasteiger charge is 2.29. The first-order valence-corrected chi connectivity index (χ1v) is 7.80. The van der Waals surface area contributed by atoms with Crippen molar-refractivity contribution in [2.45, 2.75) is 54.6 Å².